The molecule has 0 radical (unpaired) electrons. The van der Waals surface area contributed by atoms with Crippen LogP contribution in [0.15, 0.2) is 4.99 Å². The maximum Gasteiger partial charge on any atom is 0.410 e. The van der Waals surface area contributed by atoms with Crippen molar-refractivity contribution in [2.24, 2.45) is 4.99 Å². The summed E-state index contributed by atoms with van der Waals surface area (Å²) in [5.41, 5.74) is -1.04. The maximum absolute atomic E-state index is 13.1. The fourth-order valence-electron chi connectivity index (χ4n) is 4.71. The molecule has 0 aromatic heterocycles. The van der Waals surface area contributed by atoms with Crippen LogP contribution in [-0.4, -0.2) is 82.4 Å². The number of likely N-dealkylation sites (tertiary alicyclic amines) is 2. The lowest BCUT2D eigenvalue weighted by atomic mass is 9.87. The number of amides is 2. The molecule has 0 saturated carbocycles. The van der Waals surface area contributed by atoms with Gasteiger partial charge in [0.25, 0.3) is 5.91 Å². The van der Waals surface area contributed by atoms with Gasteiger partial charge in [0.2, 0.25) is 0 Å². The van der Waals surface area contributed by atoms with Crippen LogP contribution in [0.2, 0.25) is 0 Å². The fourth-order valence-corrected chi connectivity index (χ4v) is 4.71. The van der Waals surface area contributed by atoms with E-state index >= 15 is 0 Å². The third-order valence-electron chi connectivity index (χ3n) is 6.06. The van der Waals surface area contributed by atoms with Crippen LogP contribution in [0.4, 0.5) is 4.79 Å². The van der Waals surface area contributed by atoms with Crippen LogP contribution in [-0.2, 0) is 9.53 Å². The molecule has 1 atom stereocenters. The smallest absolute Gasteiger partial charge is 0.410 e. The fraction of sp³-hybridized carbons (Fsp3) is 0.857. The van der Waals surface area contributed by atoms with E-state index in [1.54, 1.807) is 0 Å². The summed E-state index contributed by atoms with van der Waals surface area (Å²) in [4.78, 5) is 36.5. The Kier molecular flexibility index (Phi) is 6.03. The van der Waals surface area contributed by atoms with Crippen molar-refractivity contribution in [3.05, 3.63) is 0 Å². The molecular formula is C21H36N4O3. The highest BCUT2D eigenvalue weighted by Gasteiger charge is 2.50. The van der Waals surface area contributed by atoms with Crippen molar-refractivity contribution in [1.29, 1.82) is 0 Å². The van der Waals surface area contributed by atoms with Crippen LogP contribution >= 0.6 is 0 Å². The first-order valence-electron chi connectivity index (χ1n) is 10.8. The van der Waals surface area contributed by atoms with Crippen LogP contribution in [0.1, 0.15) is 66.7 Å². The van der Waals surface area contributed by atoms with Gasteiger partial charge in [0, 0.05) is 38.6 Å². The number of aliphatic imine (C=N–C) groups is 1. The van der Waals surface area contributed by atoms with Gasteiger partial charge in [0.05, 0.1) is 0 Å². The zero-order valence-electron chi connectivity index (χ0n) is 18.2. The number of rotatable bonds is 3. The summed E-state index contributed by atoms with van der Waals surface area (Å²) in [7, 11) is 0. The van der Waals surface area contributed by atoms with Gasteiger partial charge in [0.1, 0.15) is 11.4 Å². The lowest BCUT2D eigenvalue weighted by Crippen LogP contribution is -2.57. The summed E-state index contributed by atoms with van der Waals surface area (Å²) in [6.45, 7) is 13.6. The molecule has 7 heteroatoms. The minimum atomic E-state index is -0.581. The first-order chi connectivity index (χ1) is 13.2. The van der Waals surface area contributed by atoms with Gasteiger partial charge in [-0.2, -0.15) is 0 Å². The Morgan fingerprint density at radius 3 is 2.43 bits per heavy atom. The number of piperidine rings is 2. The molecule has 0 aromatic rings. The molecule has 1 unspecified atom stereocenters. The van der Waals surface area contributed by atoms with Gasteiger partial charge in [-0.05, 0) is 59.9 Å². The third-order valence-corrected chi connectivity index (χ3v) is 6.06. The Morgan fingerprint density at radius 1 is 1.21 bits per heavy atom. The summed E-state index contributed by atoms with van der Waals surface area (Å²) >= 11 is 0. The van der Waals surface area contributed by atoms with Gasteiger partial charge in [-0.25, -0.2) is 4.79 Å². The molecule has 2 fully saturated rings. The number of amidine groups is 1. The summed E-state index contributed by atoms with van der Waals surface area (Å²) in [6.07, 6.45) is 4.27. The van der Waals surface area contributed by atoms with E-state index in [0.717, 1.165) is 44.5 Å². The highest BCUT2D eigenvalue weighted by atomic mass is 16.6. The van der Waals surface area contributed by atoms with E-state index in [2.05, 4.69) is 11.8 Å². The maximum atomic E-state index is 13.1. The van der Waals surface area contributed by atoms with E-state index in [1.807, 2.05) is 37.5 Å². The van der Waals surface area contributed by atoms with Crippen LogP contribution in [0.3, 0.4) is 0 Å². The minimum Gasteiger partial charge on any atom is -0.444 e. The van der Waals surface area contributed by atoms with Crippen molar-refractivity contribution in [1.82, 2.24) is 14.7 Å². The molecule has 7 nitrogen and oxygen atoms in total. The zero-order chi connectivity index (χ0) is 20.5. The van der Waals surface area contributed by atoms with E-state index in [9.17, 15) is 9.59 Å². The van der Waals surface area contributed by atoms with Crippen molar-refractivity contribution in [3.8, 4) is 0 Å². The molecule has 2 amide bonds. The average molecular weight is 393 g/mol. The number of ether oxygens (including phenoxy) is 1. The van der Waals surface area contributed by atoms with E-state index in [-0.39, 0.29) is 12.0 Å². The summed E-state index contributed by atoms with van der Waals surface area (Å²) in [5.74, 6) is 1.12. The van der Waals surface area contributed by atoms with Gasteiger partial charge in [-0.15, -0.1) is 0 Å². The lowest BCUT2D eigenvalue weighted by Gasteiger charge is -2.44. The summed E-state index contributed by atoms with van der Waals surface area (Å²) < 4.78 is 5.50. The Balaban J connectivity index is 1.61. The highest BCUT2D eigenvalue weighted by molar-refractivity contribution is 6.08. The Labute approximate surface area is 169 Å². The standard InChI is InChI=1S/C21H36N4O3/c1-6-17-22-21(18(26)25(17)7-2)11-8-12-24(15-21)16-9-13-23(14-10-16)19(27)28-20(3,4)5/h16H,6-15H2,1-5H3. The SMILES string of the molecule is CCC1=NC2(CCCN(C3CCN(C(=O)OC(C)(C)C)CC3)C2)C(=O)N1CC. The van der Waals surface area contributed by atoms with Crippen LogP contribution in [0.5, 0.6) is 0 Å². The quantitative estimate of drug-likeness (QED) is 0.741. The van der Waals surface area contributed by atoms with Crippen molar-refractivity contribution >= 4 is 17.8 Å². The molecule has 0 N–H and O–H groups in total. The van der Waals surface area contributed by atoms with Crippen molar-refractivity contribution in [2.75, 3.05) is 32.7 Å². The minimum absolute atomic E-state index is 0.183. The second-order valence-corrected chi connectivity index (χ2v) is 9.24. The number of likely N-dealkylation sites (N-methyl/N-ethyl adjacent to an activating group) is 1. The molecule has 0 aliphatic carbocycles. The Bertz CT molecular complexity index is 634. The Morgan fingerprint density at radius 2 is 1.89 bits per heavy atom. The molecule has 2 saturated heterocycles. The van der Waals surface area contributed by atoms with E-state index in [4.69, 9.17) is 9.73 Å². The monoisotopic (exact) mass is 392 g/mol. The van der Waals surface area contributed by atoms with Crippen LogP contribution < -0.4 is 0 Å². The second-order valence-electron chi connectivity index (χ2n) is 9.24. The average Bonchev–Trinajstić information content (AvgIpc) is 2.91. The number of hydrogen-bond donors (Lipinski definition) is 0. The topological polar surface area (TPSA) is 65.5 Å². The predicted octanol–water partition coefficient (Wildman–Crippen LogP) is 2.89. The molecule has 3 rings (SSSR count). The largest absolute Gasteiger partial charge is 0.444 e. The van der Waals surface area contributed by atoms with Crippen molar-refractivity contribution in [3.63, 3.8) is 0 Å². The van der Waals surface area contributed by atoms with Crippen LogP contribution in [0.25, 0.3) is 0 Å². The number of carbonyl (C=O) groups excluding carboxylic acids is 2. The summed E-state index contributed by atoms with van der Waals surface area (Å²) in [5, 5.41) is 0. The molecule has 1 spiro atoms. The van der Waals surface area contributed by atoms with E-state index in [0.29, 0.717) is 32.2 Å². The van der Waals surface area contributed by atoms with Gasteiger partial charge < -0.3 is 9.64 Å². The molecule has 0 bridgehead atoms. The first-order valence-corrected chi connectivity index (χ1v) is 10.8. The summed E-state index contributed by atoms with van der Waals surface area (Å²) in [6, 6.07) is 0.402. The molecule has 3 aliphatic heterocycles. The van der Waals surface area contributed by atoms with Crippen LogP contribution in [0, 0.1) is 0 Å². The van der Waals surface area contributed by atoms with Gasteiger partial charge in [0.15, 0.2) is 5.54 Å². The predicted molar refractivity (Wildman–Crippen MR) is 109 cm³/mol. The molecule has 0 aromatic carbocycles. The highest BCUT2D eigenvalue weighted by Crippen LogP contribution is 2.35. The van der Waals surface area contributed by atoms with Gasteiger partial charge in [-0.1, -0.05) is 6.92 Å². The molecule has 3 aliphatic rings. The van der Waals surface area contributed by atoms with Gasteiger partial charge in [-0.3, -0.25) is 19.6 Å². The normalized spacial score (nSPS) is 27.5. The van der Waals surface area contributed by atoms with E-state index in [1.165, 1.54) is 0 Å². The molecule has 158 valence electrons. The third kappa shape index (κ3) is 4.19. The first kappa shape index (κ1) is 21.1. The second kappa shape index (κ2) is 8.01. The van der Waals surface area contributed by atoms with Crippen molar-refractivity contribution < 1.29 is 14.3 Å². The molecule has 3 heterocycles. The lowest BCUT2D eigenvalue weighted by molar-refractivity contribution is -0.133. The number of carbonyl (C=O) groups is 2. The zero-order valence-corrected chi connectivity index (χ0v) is 18.2. The van der Waals surface area contributed by atoms with E-state index < -0.39 is 11.1 Å². The number of nitrogens with zero attached hydrogens (tertiary/aromatic N) is 4. The number of hydrogen-bond acceptors (Lipinski definition) is 5. The molecule has 28 heavy (non-hydrogen) atoms. The van der Waals surface area contributed by atoms with Gasteiger partial charge >= 0.3 is 6.09 Å². The van der Waals surface area contributed by atoms with Crippen molar-refractivity contribution in [2.45, 2.75) is 83.9 Å². The Hall–Kier alpha value is -1.63. The molecular weight excluding hydrogens is 356 g/mol.